The van der Waals surface area contributed by atoms with Gasteiger partial charge in [-0.1, -0.05) is 281 Å². The van der Waals surface area contributed by atoms with E-state index in [0.29, 0.717) is 19.3 Å². The van der Waals surface area contributed by atoms with Crippen LogP contribution in [-0.2, 0) is 28.6 Å². The molecular weight excluding hydrogens is 889 g/mol. The zero-order chi connectivity index (χ0) is 52.2. The van der Waals surface area contributed by atoms with Gasteiger partial charge in [-0.25, -0.2) is 0 Å². The summed E-state index contributed by atoms with van der Waals surface area (Å²) in [5, 5.41) is 0. The van der Waals surface area contributed by atoms with Crippen LogP contribution < -0.4 is 0 Å². The molecule has 0 aromatic carbocycles. The highest BCUT2D eigenvalue weighted by molar-refractivity contribution is 5.71. The van der Waals surface area contributed by atoms with Crippen LogP contribution in [0.15, 0.2) is 60.8 Å². The predicted molar refractivity (Wildman–Crippen MR) is 312 cm³/mol. The Hall–Kier alpha value is -2.89. The highest BCUT2D eigenvalue weighted by Gasteiger charge is 2.19. The van der Waals surface area contributed by atoms with Gasteiger partial charge < -0.3 is 14.2 Å². The Morgan fingerprint density at radius 1 is 0.292 bits per heavy atom. The highest BCUT2D eigenvalue weighted by atomic mass is 16.6. The minimum absolute atomic E-state index is 0.0772. The molecule has 72 heavy (non-hydrogen) atoms. The lowest BCUT2D eigenvalue weighted by molar-refractivity contribution is -0.167. The van der Waals surface area contributed by atoms with Gasteiger partial charge in [0.1, 0.15) is 13.2 Å². The van der Waals surface area contributed by atoms with Crippen LogP contribution in [0, 0.1) is 0 Å². The molecule has 6 nitrogen and oxygen atoms in total. The smallest absolute Gasteiger partial charge is 0.306 e. The third kappa shape index (κ3) is 58.0. The van der Waals surface area contributed by atoms with Crippen molar-refractivity contribution in [1.82, 2.24) is 0 Å². The van der Waals surface area contributed by atoms with Crippen molar-refractivity contribution in [2.24, 2.45) is 0 Å². The average molecular weight is 1010 g/mol. The van der Waals surface area contributed by atoms with Gasteiger partial charge in [0.15, 0.2) is 6.10 Å². The Kier molecular flexibility index (Phi) is 58.2. The number of carbonyl (C=O) groups is 3. The number of carbonyl (C=O) groups excluding carboxylic acids is 3. The molecule has 0 N–H and O–H groups in total. The fraction of sp³-hybridized carbons (Fsp3) is 0.803. The third-order valence-electron chi connectivity index (χ3n) is 13.8. The Balaban J connectivity index is 4.30. The van der Waals surface area contributed by atoms with E-state index in [1.807, 2.05) is 0 Å². The summed E-state index contributed by atoms with van der Waals surface area (Å²) in [6.45, 7) is 6.55. The first-order valence-electron chi connectivity index (χ1n) is 31.3. The average Bonchev–Trinajstić information content (AvgIpc) is 3.38. The minimum atomic E-state index is -0.781. The molecule has 0 fully saturated rings. The number of unbranched alkanes of at least 4 members (excludes halogenated alkanes) is 36. The minimum Gasteiger partial charge on any atom is -0.462 e. The van der Waals surface area contributed by atoms with Gasteiger partial charge >= 0.3 is 17.9 Å². The molecule has 0 rings (SSSR count). The summed E-state index contributed by atoms with van der Waals surface area (Å²) in [5.74, 6) is -0.876. The van der Waals surface area contributed by atoms with Crippen molar-refractivity contribution >= 4 is 17.9 Å². The monoisotopic (exact) mass is 1010 g/mol. The molecule has 0 aliphatic rings. The topological polar surface area (TPSA) is 78.9 Å². The van der Waals surface area contributed by atoms with Crippen molar-refractivity contribution < 1.29 is 28.6 Å². The first kappa shape index (κ1) is 69.1. The molecule has 0 heterocycles. The van der Waals surface area contributed by atoms with Crippen molar-refractivity contribution in [1.29, 1.82) is 0 Å². The Morgan fingerprint density at radius 2 is 0.542 bits per heavy atom. The van der Waals surface area contributed by atoms with Crippen molar-refractivity contribution in [2.45, 2.75) is 329 Å². The third-order valence-corrected chi connectivity index (χ3v) is 13.8. The van der Waals surface area contributed by atoms with Gasteiger partial charge in [-0.3, -0.25) is 14.4 Å². The number of ether oxygens (including phenoxy) is 3. The molecule has 0 saturated carbocycles. The van der Waals surface area contributed by atoms with Crippen LogP contribution in [0.25, 0.3) is 0 Å². The van der Waals surface area contributed by atoms with Crippen LogP contribution >= 0.6 is 0 Å². The molecule has 0 amide bonds. The van der Waals surface area contributed by atoms with Crippen molar-refractivity contribution in [2.75, 3.05) is 13.2 Å². The largest absolute Gasteiger partial charge is 0.462 e. The molecular formula is C66H118O6. The predicted octanol–water partition coefficient (Wildman–Crippen LogP) is 21.2. The second-order valence-corrected chi connectivity index (χ2v) is 20.9. The van der Waals surface area contributed by atoms with Crippen molar-refractivity contribution in [3.8, 4) is 0 Å². The Labute approximate surface area is 447 Å². The Morgan fingerprint density at radius 3 is 0.861 bits per heavy atom. The van der Waals surface area contributed by atoms with E-state index in [1.54, 1.807) is 0 Å². The molecule has 6 heteroatoms. The molecule has 0 aromatic rings. The molecule has 0 bridgehead atoms. The van der Waals surface area contributed by atoms with E-state index in [2.05, 4.69) is 81.5 Å². The van der Waals surface area contributed by atoms with Crippen LogP contribution in [0.1, 0.15) is 323 Å². The lowest BCUT2D eigenvalue weighted by Gasteiger charge is -2.18. The highest BCUT2D eigenvalue weighted by Crippen LogP contribution is 2.17. The molecule has 0 spiro atoms. The maximum Gasteiger partial charge on any atom is 0.306 e. The van der Waals surface area contributed by atoms with E-state index in [0.717, 1.165) is 96.3 Å². The zero-order valence-electron chi connectivity index (χ0n) is 47.9. The maximum atomic E-state index is 12.9. The van der Waals surface area contributed by atoms with Gasteiger partial charge in [0.05, 0.1) is 0 Å². The maximum absolute atomic E-state index is 12.9. The molecule has 0 aliphatic heterocycles. The number of hydrogen-bond acceptors (Lipinski definition) is 6. The number of allylic oxidation sites excluding steroid dienone is 10. The van der Waals surface area contributed by atoms with E-state index in [1.165, 1.54) is 186 Å². The fourth-order valence-corrected chi connectivity index (χ4v) is 9.08. The standard InChI is InChI=1S/C66H118O6/c1-4-7-10-13-16-19-22-25-27-29-31-32-33-34-36-37-39-41-44-47-50-53-56-59-65(68)71-62-63(61-70-64(67)58-55-52-49-46-43-24-21-18-15-12-9-6-3)72-66(69)60-57-54-51-48-45-42-40-38-35-30-28-26-23-20-17-14-11-8-5-2/h8,11,17,20,26,28-29,31,35,38,63H,4-7,9-10,12-16,18-19,21-25,27,30,32-34,36-37,39-62H2,1-3H3/b11-8-,20-17-,28-26-,31-29-,38-35-. The van der Waals surface area contributed by atoms with Gasteiger partial charge in [0.25, 0.3) is 0 Å². The molecule has 418 valence electrons. The number of esters is 3. The number of rotatable bonds is 57. The first-order valence-corrected chi connectivity index (χ1v) is 31.3. The molecule has 1 atom stereocenters. The van der Waals surface area contributed by atoms with Crippen LogP contribution in [0.2, 0.25) is 0 Å². The van der Waals surface area contributed by atoms with Crippen LogP contribution in [0.4, 0.5) is 0 Å². The summed E-state index contributed by atoms with van der Waals surface area (Å²) in [4.78, 5) is 38.2. The van der Waals surface area contributed by atoms with E-state index >= 15 is 0 Å². The van der Waals surface area contributed by atoms with Gasteiger partial charge in [0.2, 0.25) is 0 Å². The van der Waals surface area contributed by atoms with Gasteiger partial charge in [-0.05, 0) is 83.5 Å². The van der Waals surface area contributed by atoms with Crippen LogP contribution in [0.5, 0.6) is 0 Å². The second kappa shape index (κ2) is 60.7. The van der Waals surface area contributed by atoms with Crippen LogP contribution in [-0.4, -0.2) is 37.2 Å². The number of hydrogen-bond donors (Lipinski definition) is 0. The van der Waals surface area contributed by atoms with E-state index in [4.69, 9.17) is 14.2 Å². The van der Waals surface area contributed by atoms with Gasteiger partial charge in [0, 0.05) is 19.3 Å². The molecule has 0 radical (unpaired) electrons. The summed E-state index contributed by atoms with van der Waals surface area (Å²) in [7, 11) is 0. The zero-order valence-corrected chi connectivity index (χ0v) is 47.9. The summed E-state index contributed by atoms with van der Waals surface area (Å²) in [6, 6.07) is 0. The van der Waals surface area contributed by atoms with Crippen LogP contribution in [0.3, 0.4) is 0 Å². The summed E-state index contributed by atoms with van der Waals surface area (Å²) < 4.78 is 16.9. The summed E-state index contributed by atoms with van der Waals surface area (Å²) in [5.41, 5.74) is 0. The quantitative estimate of drug-likeness (QED) is 0.0261. The molecule has 0 aromatic heterocycles. The summed E-state index contributed by atoms with van der Waals surface area (Å²) >= 11 is 0. The van der Waals surface area contributed by atoms with Crippen molar-refractivity contribution in [3.63, 3.8) is 0 Å². The summed E-state index contributed by atoms with van der Waals surface area (Å²) in [6.07, 6.45) is 76.5. The van der Waals surface area contributed by atoms with Gasteiger partial charge in [-0.15, -0.1) is 0 Å². The molecule has 0 aliphatic carbocycles. The molecule has 0 saturated heterocycles. The SMILES string of the molecule is CC/C=C\C/C=C\C/C=C\C/C=C\CCCCCCCCC(=O)OC(COC(=O)CCCCCCCCCCCCCC)COC(=O)CCCCCCCCCCCCC/C=C\CCCCCCCCCC. The molecule has 1 unspecified atom stereocenters. The normalized spacial score (nSPS) is 12.4. The lowest BCUT2D eigenvalue weighted by Crippen LogP contribution is -2.30. The second-order valence-electron chi connectivity index (χ2n) is 20.9. The van der Waals surface area contributed by atoms with Crippen molar-refractivity contribution in [3.05, 3.63) is 60.8 Å². The first-order chi connectivity index (χ1) is 35.5. The van der Waals surface area contributed by atoms with Gasteiger partial charge in [-0.2, -0.15) is 0 Å². The fourth-order valence-electron chi connectivity index (χ4n) is 9.08. The van der Waals surface area contributed by atoms with E-state index in [9.17, 15) is 14.4 Å². The lowest BCUT2D eigenvalue weighted by atomic mass is 10.0. The van der Waals surface area contributed by atoms with E-state index in [-0.39, 0.29) is 31.1 Å². The van der Waals surface area contributed by atoms with E-state index < -0.39 is 6.10 Å². The Bertz CT molecular complexity index is 1290.